The van der Waals surface area contributed by atoms with E-state index in [1.165, 1.54) is 39.7 Å². The first-order valence-electron chi connectivity index (χ1n) is 18.1. The van der Waals surface area contributed by atoms with Gasteiger partial charge >= 0.3 is 26.6 Å². The molecular formula is C42H36BCl5N8P2Ru+2. The monoisotopic (exact) mass is 1000 g/mol. The Bertz CT molecular complexity index is 2200. The van der Waals surface area contributed by atoms with Crippen molar-refractivity contribution < 1.29 is 19.5 Å². The van der Waals surface area contributed by atoms with E-state index < -0.39 is 23.0 Å². The van der Waals surface area contributed by atoms with Crippen molar-refractivity contribution in [2.24, 2.45) is 0 Å². The van der Waals surface area contributed by atoms with Crippen LogP contribution in [-0.4, -0.2) is 48.5 Å². The molecule has 8 nitrogen and oxygen atoms in total. The third-order valence-electron chi connectivity index (χ3n) is 9.01. The van der Waals surface area contributed by atoms with Gasteiger partial charge in [-0.05, 0) is 85.3 Å². The molecule has 298 valence electrons. The van der Waals surface area contributed by atoms with Gasteiger partial charge in [0.05, 0.1) is 62.2 Å². The molecule has 0 unspecified atom stereocenters. The summed E-state index contributed by atoms with van der Waals surface area (Å²) in [5, 5.41) is 30.7. The molecule has 8 aromatic rings. The fourth-order valence-electron chi connectivity index (χ4n) is 6.31. The topological polar surface area (TPSA) is 91.4 Å². The maximum atomic E-state index is 8.37. The molecule has 0 aliphatic carbocycles. The number of hydrogen-bond donors (Lipinski definition) is 0. The van der Waals surface area contributed by atoms with Crippen LogP contribution in [-0.2, 0) is 19.5 Å². The van der Waals surface area contributed by atoms with Crippen molar-refractivity contribution in [3.8, 4) is 6.19 Å². The van der Waals surface area contributed by atoms with Crippen molar-refractivity contribution >= 4 is 108 Å². The maximum absolute atomic E-state index is 8.37. The number of nitriles is 1. The first kappa shape index (κ1) is 46.1. The van der Waals surface area contributed by atoms with Crippen LogP contribution in [0.25, 0.3) is 5.32 Å². The molecular weight excluding hydrogens is 968 g/mol. The predicted molar refractivity (Wildman–Crippen MR) is 251 cm³/mol. The van der Waals surface area contributed by atoms with Gasteiger partial charge in [-0.2, -0.15) is 0 Å². The smallest absolute Gasteiger partial charge is 0.494 e. The van der Waals surface area contributed by atoms with Crippen LogP contribution in [0.3, 0.4) is 0 Å². The molecule has 0 radical (unpaired) electrons. The standard InChI is InChI=1S/C26H24P2.C9H10BN6.C7Cl5N2.Ru/c1-5-13-23(14-6-1)27(24-15-7-2-8-16-24)21-22-28(25-17-9-3-10-18-25)26-19-11-4-12-20-26;1-4-11-14(7-1)10(15-8-2-5-12-15)16-9-3-6-13-16;8-2-3(9)5(11)7(14-1-13)6(12)4(2)10;/h1-20H,21-22H2;1-10H;;/q;2*-1;+2/p+2. The van der Waals surface area contributed by atoms with E-state index in [0.717, 1.165) is 0 Å². The first-order valence-corrected chi connectivity index (χ1v) is 23.4. The third-order valence-corrected chi connectivity index (χ3v) is 17.4. The van der Waals surface area contributed by atoms with Crippen LogP contribution in [0.1, 0.15) is 0 Å². The van der Waals surface area contributed by atoms with E-state index in [4.69, 9.17) is 63.3 Å². The third kappa shape index (κ3) is 12.3. The van der Waals surface area contributed by atoms with Gasteiger partial charge < -0.3 is 24.4 Å². The molecule has 0 atom stereocenters. The van der Waals surface area contributed by atoms with Gasteiger partial charge in [-0.3, -0.25) is 0 Å². The Morgan fingerprint density at radius 3 is 1.02 bits per heavy atom. The van der Waals surface area contributed by atoms with E-state index in [9.17, 15) is 0 Å². The predicted octanol–water partition coefficient (Wildman–Crippen LogP) is 10.1. The Morgan fingerprint density at radius 1 is 0.475 bits per heavy atom. The summed E-state index contributed by atoms with van der Waals surface area (Å²) < 4.78 is 5.62. The number of hydrogen-bond acceptors (Lipinski definition) is 4. The van der Waals surface area contributed by atoms with Crippen LogP contribution >= 0.6 is 73.8 Å². The van der Waals surface area contributed by atoms with E-state index in [1.54, 1.807) is 18.6 Å². The van der Waals surface area contributed by atoms with Crippen LogP contribution in [0, 0.1) is 11.5 Å². The fourth-order valence-corrected chi connectivity index (χ4v) is 13.7. The van der Waals surface area contributed by atoms with Gasteiger partial charge in [-0.1, -0.05) is 137 Å². The fraction of sp³-hybridized carbons (Fsp3) is 0.0476. The van der Waals surface area contributed by atoms with Crippen LogP contribution in [0.4, 0.5) is 5.69 Å². The second kappa shape index (κ2) is 23.7. The average Bonchev–Trinajstić information content (AvgIpc) is 4.12. The minimum Gasteiger partial charge on any atom is -0.494 e. The van der Waals surface area contributed by atoms with Gasteiger partial charge in [0.1, 0.15) is 12.3 Å². The van der Waals surface area contributed by atoms with Gasteiger partial charge in [0.15, 0.2) is 0 Å². The summed E-state index contributed by atoms with van der Waals surface area (Å²) in [5.74, 6) is 0. The zero-order chi connectivity index (χ0) is 40.7. The summed E-state index contributed by atoms with van der Waals surface area (Å²) in [6.07, 6.45) is 15.1. The van der Waals surface area contributed by atoms with Gasteiger partial charge in [-0.15, -0.1) is 0 Å². The molecule has 3 heterocycles. The molecule has 0 aliphatic heterocycles. The van der Waals surface area contributed by atoms with E-state index in [0.29, 0.717) is 0 Å². The first-order chi connectivity index (χ1) is 28.4. The van der Waals surface area contributed by atoms with Gasteiger partial charge in [0, 0.05) is 24.3 Å². The normalized spacial score (nSPS) is 10.6. The number of benzene rings is 5. The Kier molecular flexibility index (Phi) is 18.5. The SMILES string of the molecule is N#C[N-]c1c(Cl)c(Cl)c(Cl)c(Cl)c1Cl.[Ru+2].c1ccc([PH+](CC[PH+](c2ccccc2)c2ccccc2)c2ccccc2)cc1.c1cnn([BH-](n2cccn2)n2cccn2)c1. The van der Waals surface area contributed by atoms with Crippen molar-refractivity contribution in [1.82, 2.24) is 29.1 Å². The quantitative estimate of drug-likeness (QED) is 0.0424. The minimum atomic E-state index is -1.12. The Balaban J connectivity index is 0.000000182. The summed E-state index contributed by atoms with van der Waals surface area (Å²) in [7, 11) is -2.69. The van der Waals surface area contributed by atoms with Gasteiger partial charge in [-0.25, -0.2) is 15.3 Å². The van der Waals surface area contributed by atoms with Crippen LogP contribution in [0.15, 0.2) is 177 Å². The van der Waals surface area contributed by atoms with Crippen LogP contribution in [0.5, 0.6) is 0 Å². The van der Waals surface area contributed by atoms with Crippen molar-refractivity contribution in [2.75, 3.05) is 12.3 Å². The summed E-state index contributed by atoms with van der Waals surface area (Å²) >= 11 is 28.6. The summed E-state index contributed by atoms with van der Waals surface area (Å²) in [4.78, 5) is 0. The van der Waals surface area contributed by atoms with Crippen LogP contribution in [0.2, 0.25) is 25.1 Å². The minimum absolute atomic E-state index is 0. The van der Waals surface area contributed by atoms with E-state index in [1.807, 2.05) is 50.6 Å². The molecule has 8 rings (SSSR count). The van der Waals surface area contributed by atoms with Gasteiger partial charge in [0.25, 0.3) is 0 Å². The molecule has 0 spiro atoms. The molecule has 0 aliphatic rings. The summed E-state index contributed by atoms with van der Waals surface area (Å²) in [6.45, 7) is 0. The van der Waals surface area contributed by atoms with Crippen molar-refractivity contribution in [1.29, 1.82) is 5.26 Å². The molecule has 0 N–H and O–H groups in total. The molecule has 0 bridgehead atoms. The Hall–Kier alpha value is -3.98. The Morgan fingerprint density at radius 2 is 0.763 bits per heavy atom. The van der Waals surface area contributed by atoms with Crippen molar-refractivity contribution in [3.05, 3.63) is 207 Å². The molecule has 5 aromatic carbocycles. The molecule has 0 fully saturated rings. The summed E-state index contributed by atoms with van der Waals surface area (Å²) in [5.41, 5.74) is 0.0234. The second-order valence-corrected chi connectivity index (χ2v) is 19.7. The molecule has 59 heavy (non-hydrogen) atoms. The average molecular weight is 1000 g/mol. The second-order valence-electron chi connectivity index (χ2n) is 12.6. The summed E-state index contributed by atoms with van der Waals surface area (Å²) in [6, 6.07) is 50.2. The number of aromatic nitrogens is 6. The number of rotatable bonds is 11. The van der Waals surface area contributed by atoms with Crippen molar-refractivity contribution in [3.63, 3.8) is 0 Å². The number of halogens is 5. The molecule has 17 heteroatoms. The van der Waals surface area contributed by atoms with Crippen LogP contribution < -0.4 is 21.2 Å². The molecule has 0 saturated heterocycles. The van der Waals surface area contributed by atoms with E-state index in [-0.39, 0.29) is 50.3 Å². The zero-order valence-electron chi connectivity index (χ0n) is 31.2. The molecule has 0 amide bonds. The van der Waals surface area contributed by atoms with Crippen molar-refractivity contribution in [2.45, 2.75) is 0 Å². The Labute approximate surface area is 384 Å². The number of nitrogens with zero attached hydrogens (tertiary/aromatic N) is 8. The van der Waals surface area contributed by atoms with E-state index in [2.05, 4.69) is 142 Å². The largest absolute Gasteiger partial charge is 2.00 e. The molecule has 3 aromatic heterocycles. The maximum Gasteiger partial charge on any atom is 2.00 e. The molecule has 0 saturated carbocycles. The van der Waals surface area contributed by atoms with Gasteiger partial charge in [0.2, 0.25) is 0 Å². The van der Waals surface area contributed by atoms with E-state index >= 15 is 0 Å². The zero-order valence-corrected chi connectivity index (χ0v) is 38.7.